The fourth-order valence-corrected chi connectivity index (χ4v) is 4.32. The third kappa shape index (κ3) is 3.64. The number of esters is 1. The van der Waals surface area contributed by atoms with Gasteiger partial charge >= 0.3 is 5.97 Å². The number of aromatic amines is 1. The van der Waals surface area contributed by atoms with Crippen molar-refractivity contribution in [2.75, 3.05) is 13.7 Å². The number of para-hydroxylation sites is 1. The van der Waals surface area contributed by atoms with E-state index in [0.717, 1.165) is 18.5 Å². The molecule has 2 heterocycles. The lowest BCUT2D eigenvalue weighted by molar-refractivity contribution is -0.134. The van der Waals surface area contributed by atoms with E-state index in [1.165, 1.54) is 40.9 Å². The first-order chi connectivity index (χ1) is 14.1. The smallest absolute Gasteiger partial charge is 0.330 e. The molecule has 1 aliphatic heterocycles. The van der Waals surface area contributed by atoms with Crippen LogP contribution in [0.4, 0.5) is 0 Å². The number of rotatable bonds is 5. The number of carbonyl (C=O) groups excluding carboxylic acids is 1. The van der Waals surface area contributed by atoms with Crippen LogP contribution in [0, 0.1) is 0 Å². The minimum atomic E-state index is -0.352. The number of hydrogen-bond acceptors (Lipinski definition) is 3. The van der Waals surface area contributed by atoms with Gasteiger partial charge < -0.3 is 9.72 Å². The second kappa shape index (κ2) is 8.10. The number of fused-ring (bicyclic) bond motifs is 3. The van der Waals surface area contributed by atoms with Gasteiger partial charge in [-0.1, -0.05) is 48.5 Å². The Morgan fingerprint density at radius 3 is 2.72 bits per heavy atom. The largest absolute Gasteiger partial charge is 0.466 e. The Labute approximate surface area is 171 Å². The summed E-state index contributed by atoms with van der Waals surface area (Å²) in [6.45, 7) is 7.08. The monoisotopic (exact) mass is 386 g/mol. The molecule has 1 N–H and O–H groups in total. The molecular weight excluding hydrogens is 360 g/mol. The Morgan fingerprint density at radius 1 is 1.24 bits per heavy atom. The molecule has 2 unspecified atom stereocenters. The lowest BCUT2D eigenvalue weighted by Gasteiger charge is -2.40. The van der Waals surface area contributed by atoms with Crippen LogP contribution in [0.5, 0.6) is 0 Å². The molecule has 0 saturated heterocycles. The molecule has 1 aliphatic rings. The molecule has 0 bridgehead atoms. The first-order valence-corrected chi connectivity index (χ1v) is 9.94. The molecule has 148 valence electrons. The fourth-order valence-electron chi connectivity index (χ4n) is 4.32. The van der Waals surface area contributed by atoms with E-state index in [1.807, 2.05) is 18.2 Å². The zero-order valence-electron chi connectivity index (χ0n) is 16.9. The van der Waals surface area contributed by atoms with Gasteiger partial charge in [-0.3, -0.25) is 4.90 Å². The van der Waals surface area contributed by atoms with Crippen LogP contribution in [0.2, 0.25) is 0 Å². The molecule has 0 saturated carbocycles. The van der Waals surface area contributed by atoms with E-state index in [-0.39, 0.29) is 12.0 Å². The van der Waals surface area contributed by atoms with Crippen molar-refractivity contribution in [1.82, 2.24) is 9.88 Å². The molecule has 0 fully saturated rings. The number of aromatic nitrogens is 1. The summed E-state index contributed by atoms with van der Waals surface area (Å²) in [5.74, 6) is -0.352. The van der Waals surface area contributed by atoms with Gasteiger partial charge in [-0.2, -0.15) is 0 Å². The van der Waals surface area contributed by atoms with Crippen LogP contribution < -0.4 is 0 Å². The Hall–Kier alpha value is -3.11. The highest BCUT2D eigenvalue weighted by Crippen LogP contribution is 2.40. The quantitative estimate of drug-likeness (QED) is 0.386. The molecule has 4 heteroatoms. The van der Waals surface area contributed by atoms with Crippen molar-refractivity contribution in [3.05, 3.63) is 89.6 Å². The fraction of sp³-hybridized carbons (Fsp3) is 0.240. The summed E-state index contributed by atoms with van der Waals surface area (Å²) < 4.78 is 4.67. The van der Waals surface area contributed by atoms with Gasteiger partial charge in [0.2, 0.25) is 0 Å². The molecular formula is C25H26N2O2. The van der Waals surface area contributed by atoms with Crippen molar-refractivity contribution < 1.29 is 9.53 Å². The van der Waals surface area contributed by atoms with Crippen LogP contribution >= 0.6 is 0 Å². The van der Waals surface area contributed by atoms with Crippen LogP contribution in [-0.2, 0) is 16.0 Å². The number of benzene rings is 2. The maximum atomic E-state index is 11.3. The summed E-state index contributed by atoms with van der Waals surface area (Å²) in [4.78, 5) is 17.5. The average Bonchev–Trinajstić information content (AvgIpc) is 3.11. The zero-order chi connectivity index (χ0) is 20.4. The molecule has 2 atom stereocenters. The Morgan fingerprint density at radius 2 is 2.00 bits per heavy atom. The normalized spacial score (nSPS) is 19.4. The molecule has 4 rings (SSSR count). The summed E-state index contributed by atoms with van der Waals surface area (Å²) in [6.07, 6.45) is 6.21. The minimum absolute atomic E-state index is 0.137. The molecule has 3 aromatic rings. The molecule has 29 heavy (non-hydrogen) atoms. The van der Waals surface area contributed by atoms with Crippen LogP contribution in [0.25, 0.3) is 17.0 Å². The molecule has 2 aromatic carbocycles. The first-order valence-electron chi connectivity index (χ1n) is 9.94. The first kappa shape index (κ1) is 19.2. The highest BCUT2D eigenvalue weighted by Gasteiger charge is 2.34. The third-order valence-electron chi connectivity index (χ3n) is 5.72. The van der Waals surface area contributed by atoms with Crippen LogP contribution in [0.1, 0.15) is 35.3 Å². The number of nitrogens with zero attached hydrogens (tertiary/aromatic N) is 1. The van der Waals surface area contributed by atoms with E-state index >= 15 is 0 Å². The van der Waals surface area contributed by atoms with Crippen molar-refractivity contribution in [3.8, 4) is 0 Å². The van der Waals surface area contributed by atoms with E-state index < -0.39 is 0 Å². The van der Waals surface area contributed by atoms with Gasteiger partial charge in [-0.05, 0) is 42.2 Å². The highest BCUT2D eigenvalue weighted by atomic mass is 16.5. The average molecular weight is 386 g/mol. The van der Waals surface area contributed by atoms with E-state index in [0.29, 0.717) is 6.04 Å². The molecule has 0 aliphatic carbocycles. The van der Waals surface area contributed by atoms with Crippen molar-refractivity contribution in [2.24, 2.45) is 0 Å². The maximum Gasteiger partial charge on any atom is 0.330 e. The van der Waals surface area contributed by atoms with Crippen molar-refractivity contribution in [3.63, 3.8) is 0 Å². The number of nitrogens with one attached hydrogen (secondary N) is 1. The molecule has 1 aromatic heterocycles. The summed E-state index contributed by atoms with van der Waals surface area (Å²) in [7, 11) is 1.38. The van der Waals surface area contributed by atoms with Gasteiger partial charge in [-0.25, -0.2) is 4.79 Å². The second-order valence-corrected chi connectivity index (χ2v) is 7.53. The van der Waals surface area contributed by atoms with Crippen molar-refractivity contribution >= 4 is 22.9 Å². The highest BCUT2D eigenvalue weighted by molar-refractivity contribution is 5.87. The summed E-state index contributed by atoms with van der Waals surface area (Å²) in [5, 5.41) is 1.32. The molecule has 0 amide bonds. The number of H-pyrrole nitrogens is 1. The molecule has 0 radical (unpaired) electrons. The maximum absolute atomic E-state index is 11.3. The summed E-state index contributed by atoms with van der Waals surface area (Å²) >= 11 is 0. The van der Waals surface area contributed by atoms with Crippen LogP contribution in [0.15, 0.2) is 67.3 Å². The Bertz CT molecular complexity index is 1060. The topological polar surface area (TPSA) is 45.3 Å². The van der Waals surface area contributed by atoms with Crippen molar-refractivity contribution in [2.45, 2.75) is 25.4 Å². The van der Waals surface area contributed by atoms with Gasteiger partial charge in [0, 0.05) is 35.3 Å². The van der Waals surface area contributed by atoms with Gasteiger partial charge in [0.15, 0.2) is 0 Å². The Balaban J connectivity index is 1.76. The van der Waals surface area contributed by atoms with Gasteiger partial charge in [0.1, 0.15) is 0 Å². The third-order valence-corrected chi connectivity index (χ3v) is 5.72. The lowest BCUT2D eigenvalue weighted by Crippen LogP contribution is -2.42. The number of methoxy groups -OCH3 is 1. The lowest BCUT2D eigenvalue weighted by atomic mass is 9.88. The number of carbonyl (C=O) groups is 1. The summed E-state index contributed by atoms with van der Waals surface area (Å²) in [5.41, 5.74) is 6.06. The molecule has 0 spiro atoms. The van der Waals surface area contributed by atoms with Crippen molar-refractivity contribution in [1.29, 1.82) is 0 Å². The van der Waals surface area contributed by atoms with E-state index in [4.69, 9.17) is 0 Å². The molecule has 4 nitrogen and oxygen atoms in total. The van der Waals surface area contributed by atoms with Gasteiger partial charge in [0.25, 0.3) is 0 Å². The number of ether oxygens (including phenoxy) is 1. The van der Waals surface area contributed by atoms with Gasteiger partial charge in [-0.15, -0.1) is 6.58 Å². The standard InChI is InChI=1S/C25H26N2O2/c1-4-15-27-17(2)16-21-20-7-5-6-8-22(20)26-24(21)25(27)19-12-9-18(10-13-19)11-14-23(28)29-3/h4-14,17,25-26H,1,15-16H2,2-3H3. The predicted octanol–water partition coefficient (Wildman–Crippen LogP) is 4.88. The van der Waals surface area contributed by atoms with Crippen LogP contribution in [0.3, 0.4) is 0 Å². The van der Waals surface area contributed by atoms with E-state index in [9.17, 15) is 4.79 Å². The predicted molar refractivity (Wildman–Crippen MR) is 118 cm³/mol. The summed E-state index contributed by atoms with van der Waals surface area (Å²) in [6, 6.07) is 17.5. The van der Waals surface area contributed by atoms with E-state index in [2.05, 4.69) is 64.5 Å². The van der Waals surface area contributed by atoms with E-state index in [1.54, 1.807) is 6.08 Å². The van der Waals surface area contributed by atoms with Crippen LogP contribution in [-0.4, -0.2) is 35.5 Å². The minimum Gasteiger partial charge on any atom is -0.466 e. The zero-order valence-corrected chi connectivity index (χ0v) is 16.9. The van der Waals surface area contributed by atoms with Gasteiger partial charge in [0.05, 0.1) is 13.2 Å². The second-order valence-electron chi connectivity index (χ2n) is 7.53. The SMILES string of the molecule is C=CCN1C(C)Cc2c([nH]c3ccccc23)C1c1ccc(C=CC(=O)OC)cc1. The Kier molecular flexibility index (Phi) is 5.36. The number of hydrogen-bond donors (Lipinski definition) is 1.